The summed E-state index contributed by atoms with van der Waals surface area (Å²) in [5, 5.41) is 3.71. The topological polar surface area (TPSA) is 15.3 Å². The third kappa shape index (κ3) is 3.74. The number of nitrogens with one attached hydrogen (secondary N) is 1. The first-order chi connectivity index (χ1) is 7.86. The van der Waals surface area contributed by atoms with Crippen LogP contribution in [0, 0.1) is 0 Å². The Morgan fingerprint density at radius 1 is 1.06 bits per heavy atom. The van der Waals surface area contributed by atoms with Gasteiger partial charge in [0, 0.05) is 12.1 Å². The van der Waals surface area contributed by atoms with E-state index in [1.807, 2.05) is 0 Å². The first-order valence-corrected chi connectivity index (χ1v) is 7.33. The summed E-state index contributed by atoms with van der Waals surface area (Å²) in [5.74, 6) is 0. The van der Waals surface area contributed by atoms with Gasteiger partial charge in [0.1, 0.15) is 0 Å². The zero-order valence-corrected chi connectivity index (χ0v) is 10.9. The van der Waals surface area contributed by atoms with Crippen molar-refractivity contribution < 1.29 is 0 Å². The predicted octanol–water partition coefficient (Wildman–Crippen LogP) is 2.78. The Morgan fingerprint density at radius 2 is 1.81 bits per heavy atom. The molecule has 0 spiro atoms. The SMILES string of the molecule is CC1CCCCN1CCCNC1CCCC1. The maximum atomic E-state index is 3.71. The zero-order chi connectivity index (χ0) is 11.2. The Hall–Kier alpha value is -0.0800. The van der Waals surface area contributed by atoms with Crippen LogP contribution in [0.4, 0.5) is 0 Å². The van der Waals surface area contributed by atoms with Crippen LogP contribution < -0.4 is 5.32 Å². The van der Waals surface area contributed by atoms with Crippen molar-refractivity contribution in [2.24, 2.45) is 0 Å². The molecule has 0 aromatic rings. The van der Waals surface area contributed by atoms with Gasteiger partial charge in [-0.1, -0.05) is 19.3 Å². The van der Waals surface area contributed by atoms with Crippen LogP contribution in [-0.2, 0) is 0 Å². The largest absolute Gasteiger partial charge is 0.314 e. The van der Waals surface area contributed by atoms with Gasteiger partial charge in [-0.15, -0.1) is 0 Å². The van der Waals surface area contributed by atoms with Gasteiger partial charge in [0.05, 0.1) is 0 Å². The minimum atomic E-state index is 0.834. The van der Waals surface area contributed by atoms with Gasteiger partial charge in [-0.2, -0.15) is 0 Å². The Bertz CT molecular complexity index is 187. The van der Waals surface area contributed by atoms with E-state index < -0.39 is 0 Å². The summed E-state index contributed by atoms with van der Waals surface area (Å²) in [6.07, 6.45) is 11.3. The molecule has 1 saturated carbocycles. The zero-order valence-electron chi connectivity index (χ0n) is 10.9. The van der Waals surface area contributed by atoms with Crippen molar-refractivity contribution in [2.45, 2.75) is 70.4 Å². The summed E-state index contributed by atoms with van der Waals surface area (Å²) in [7, 11) is 0. The smallest absolute Gasteiger partial charge is 0.00670 e. The molecule has 0 amide bonds. The molecule has 2 rings (SSSR count). The highest BCUT2D eigenvalue weighted by molar-refractivity contribution is 4.75. The van der Waals surface area contributed by atoms with Gasteiger partial charge in [-0.25, -0.2) is 0 Å². The van der Waals surface area contributed by atoms with E-state index in [1.165, 1.54) is 71.0 Å². The number of piperidine rings is 1. The summed E-state index contributed by atoms with van der Waals surface area (Å²) < 4.78 is 0. The molecule has 1 aliphatic heterocycles. The minimum Gasteiger partial charge on any atom is -0.314 e. The van der Waals surface area contributed by atoms with E-state index >= 15 is 0 Å². The van der Waals surface area contributed by atoms with Crippen LogP contribution in [0.15, 0.2) is 0 Å². The number of rotatable bonds is 5. The molecule has 1 saturated heterocycles. The average Bonchev–Trinajstić information content (AvgIpc) is 2.79. The number of hydrogen-bond acceptors (Lipinski definition) is 2. The van der Waals surface area contributed by atoms with Crippen molar-refractivity contribution in [3.05, 3.63) is 0 Å². The summed E-state index contributed by atoms with van der Waals surface area (Å²) in [4.78, 5) is 2.68. The van der Waals surface area contributed by atoms with Crippen LogP contribution in [0.1, 0.15) is 58.3 Å². The lowest BCUT2D eigenvalue weighted by Crippen LogP contribution is -2.39. The second-order valence-corrected chi connectivity index (χ2v) is 5.67. The van der Waals surface area contributed by atoms with Gasteiger partial charge in [-0.3, -0.25) is 0 Å². The van der Waals surface area contributed by atoms with E-state index in [2.05, 4.69) is 17.1 Å². The van der Waals surface area contributed by atoms with E-state index in [-0.39, 0.29) is 0 Å². The number of hydrogen-bond donors (Lipinski definition) is 1. The molecule has 1 atom stereocenters. The summed E-state index contributed by atoms with van der Waals surface area (Å²) >= 11 is 0. The highest BCUT2D eigenvalue weighted by Gasteiger charge is 2.18. The van der Waals surface area contributed by atoms with Crippen molar-refractivity contribution in [3.63, 3.8) is 0 Å². The van der Waals surface area contributed by atoms with E-state index in [0.717, 1.165) is 12.1 Å². The summed E-state index contributed by atoms with van der Waals surface area (Å²) in [5.41, 5.74) is 0. The first kappa shape index (κ1) is 12.4. The number of likely N-dealkylation sites (tertiary alicyclic amines) is 1. The lowest BCUT2D eigenvalue weighted by Gasteiger charge is -2.33. The molecule has 16 heavy (non-hydrogen) atoms. The Labute approximate surface area is 101 Å². The van der Waals surface area contributed by atoms with E-state index in [9.17, 15) is 0 Å². The maximum absolute atomic E-state index is 3.71. The second-order valence-electron chi connectivity index (χ2n) is 5.67. The highest BCUT2D eigenvalue weighted by Crippen LogP contribution is 2.18. The van der Waals surface area contributed by atoms with E-state index in [1.54, 1.807) is 0 Å². The van der Waals surface area contributed by atoms with Crippen LogP contribution >= 0.6 is 0 Å². The third-order valence-corrected chi connectivity index (χ3v) is 4.35. The first-order valence-electron chi connectivity index (χ1n) is 7.33. The van der Waals surface area contributed by atoms with E-state index in [4.69, 9.17) is 0 Å². The average molecular weight is 224 g/mol. The molecule has 0 aromatic carbocycles. The van der Waals surface area contributed by atoms with Crippen LogP contribution in [0.3, 0.4) is 0 Å². The molecular weight excluding hydrogens is 196 g/mol. The van der Waals surface area contributed by atoms with E-state index in [0.29, 0.717) is 0 Å². The minimum absolute atomic E-state index is 0.834. The highest BCUT2D eigenvalue weighted by atomic mass is 15.2. The van der Waals surface area contributed by atoms with Crippen molar-refractivity contribution >= 4 is 0 Å². The molecule has 0 aromatic heterocycles. The van der Waals surface area contributed by atoms with Gasteiger partial charge in [0.15, 0.2) is 0 Å². The van der Waals surface area contributed by atoms with Gasteiger partial charge in [-0.05, 0) is 58.7 Å². The van der Waals surface area contributed by atoms with Crippen molar-refractivity contribution in [2.75, 3.05) is 19.6 Å². The molecule has 2 nitrogen and oxygen atoms in total. The second kappa shape index (κ2) is 6.61. The molecule has 1 unspecified atom stereocenters. The summed E-state index contributed by atoms with van der Waals surface area (Å²) in [6.45, 7) is 6.27. The normalized spacial score (nSPS) is 28.7. The Morgan fingerprint density at radius 3 is 2.56 bits per heavy atom. The molecule has 0 bridgehead atoms. The quantitative estimate of drug-likeness (QED) is 0.722. The lowest BCUT2D eigenvalue weighted by molar-refractivity contribution is 0.158. The van der Waals surface area contributed by atoms with Crippen LogP contribution in [0.2, 0.25) is 0 Å². The van der Waals surface area contributed by atoms with Gasteiger partial charge in [0.2, 0.25) is 0 Å². The standard InChI is InChI=1S/C14H28N2/c1-13-7-4-5-11-16(13)12-6-10-15-14-8-2-3-9-14/h13-15H,2-12H2,1H3. The van der Waals surface area contributed by atoms with Crippen LogP contribution in [-0.4, -0.2) is 36.6 Å². The predicted molar refractivity (Wildman–Crippen MR) is 69.8 cm³/mol. The monoisotopic (exact) mass is 224 g/mol. The molecule has 2 fully saturated rings. The fourth-order valence-corrected chi connectivity index (χ4v) is 3.21. The maximum Gasteiger partial charge on any atom is 0.00670 e. The fourth-order valence-electron chi connectivity index (χ4n) is 3.21. The van der Waals surface area contributed by atoms with Crippen LogP contribution in [0.5, 0.6) is 0 Å². The molecule has 2 heteroatoms. The Balaban J connectivity index is 1.53. The molecule has 1 heterocycles. The lowest BCUT2D eigenvalue weighted by atomic mass is 10.0. The van der Waals surface area contributed by atoms with Crippen molar-refractivity contribution in [1.29, 1.82) is 0 Å². The molecule has 1 aliphatic carbocycles. The fraction of sp³-hybridized carbons (Fsp3) is 1.00. The van der Waals surface area contributed by atoms with Crippen molar-refractivity contribution in [3.8, 4) is 0 Å². The van der Waals surface area contributed by atoms with Crippen molar-refractivity contribution in [1.82, 2.24) is 10.2 Å². The van der Waals surface area contributed by atoms with Gasteiger partial charge < -0.3 is 10.2 Å². The molecule has 0 radical (unpaired) electrons. The molecular formula is C14H28N2. The molecule has 94 valence electrons. The number of nitrogens with zero attached hydrogens (tertiary/aromatic N) is 1. The molecule has 2 aliphatic rings. The molecule has 1 N–H and O–H groups in total. The Kier molecular flexibility index (Phi) is 5.11. The van der Waals surface area contributed by atoms with Gasteiger partial charge >= 0.3 is 0 Å². The third-order valence-electron chi connectivity index (χ3n) is 4.35. The summed E-state index contributed by atoms with van der Waals surface area (Å²) in [6, 6.07) is 1.68. The van der Waals surface area contributed by atoms with Crippen LogP contribution in [0.25, 0.3) is 0 Å². The van der Waals surface area contributed by atoms with Gasteiger partial charge in [0.25, 0.3) is 0 Å².